The number of carboxylic acids is 3. The lowest BCUT2D eigenvalue weighted by Crippen LogP contribution is -2.42. The number of aliphatic hydroxyl groups is 1. The smallest absolute Gasteiger partial charge is 0.336 e. The number of carboxylic acid groups (broad SMARTS) is 3. The van der Waals surface area contributed by atoms with Crippen molar-refractivity contribution in [2.45, 2.75) is 63.1 Å². The van der Waals surface area contributed by atoms with E-state index in [9.17, 15) is 19.2 Å². The number of carbonyl (C=O) groups is 4. The number of benzene rings is 1. The highest BCUT2D eigenvalue weighted by Gasteiger charge is 2.41. The van der Waals surface area contributed by atoms with Crippen molar-refractivity contribution < 1.29 is 44.0 Å². The summed E-state index contributed by atoms with van der Waals surface area (Å²) in [5, 5.41) is 45.2. The van der Waals surface area contributed by atoms with Crippen LogP contribution in [0.4, 0.5) is 0 Å². The Morgan fingerprint density at radius 2 is 1.68 bits per heavy atom. The Morgan fingerprint density at radius 3 is 2.28 bits per heavy atom. The summed E-state index contributed by atoms with van der Waals surface area (Å²) < 4.78 is 5.92. The molecule has 5 rings (SSSR count). The largest absolute Gasteiger partial charge is 0.481 e. The van der Waals surface area contributed by atoms with Crippen molar-refractivity contribution in [3.05, 3.63) is 81.8 Å². The van der Waals surface area contributed by atoms with Gasteiger partial charge in [-0.05, 0) is 50.8 Å². The summed E-state index contributed by atoms with van der Waals surface area (Å²) in [6.07, 6.45) is 0.109. The summed E-state index contributed by atoms with van der Waals surface area (Å²) in [7, 11) is 0. The molecule has 1 fully saturated rings. The predicted molar refractivity (Wildman–Crippen MR) is 166 cm³/mol. The highest BCUT2D eigenvalue weighted by molar-refractivity contribution is 7.09. The molecule has 3 aromatic heterocycles. The zero-order valence-electron chi connectivity index (χ0n) is 25.6. The molecular formula is C31H34N6O9S. The molecule has 1 amide bonds. The number of aliphatic carboxylic acids is 3. The van der Waals surface area contributed by atoms with E-state index in [4.69, 9.17) is 30.6 Å². The number of nitrogens with two attached hydrogens (primary N) is 1. The van der Waals surface area contributed by atoms with Crippen LogP contribution in [0.3, 0.4) is 0 Å². The van der Waals surface area contributed by atoms with E-state index in [0.29, 0.717) is 30.2 Å². The van der Waals surface area contributed by atoms with Crippen LogP contribution < -0.4 is 5.73 Å². The molecule has 0 bridgehead atoms. The highest BCUT2D eigenvalue weighted by Crippen LogP contribution is 2.35. The normalized spacial score (nSPS) is 15.7. The minimum Gasteiger partial charge on any atom is -0.481 e. The lowest BCUT2D eigenvalue weighted by atomic mass is 9.94. The van der Waals surface area contributed by atoms with Crippen molar-refractivity contribution >= 4 is 35.2 Å². The van der Waals surface area contributed by atoms with E-state index in [-0.39, 0.29) is 17.8 Å². The predicted octanol–water partition coefficient (Wildman–Crippen LogP) is 3.04. The first-order valence-corrected chi connectivity index (χ1v) is 15.3. The van der Waals surface area contributed by atoms with Gasteiger partial charge >= 0.3 is 17.9 Å². The Balaban J connectivity index is 0.000000328. The molecule has 1 aliphatic heterocycles. The lowest BCUT2D eigenvalue weighted by molar-refractivity contribution is -0.170. The molecule has 248 valence electrons. The number of nitrogens with zero attached hydrogens (tertiary/aromatic N) is 5. The standard InChI is InChI=1S/C25H26N6O2S.C6H8O7/c1-16-15-34-22(27-16)20-12-7-13-31(20)23(32)19-11-6-10-18(28-19)21-29-30-24(33-21)25(2,26)14-17-8-4-3-5-9-17;7-3(8)1-6(13,5(11)12)2-4(9)10/h3-6,8-11,15,20H,7,12-14,26H2,1-2H3;13H,1-2H2,(H,7,8)(H,9,10)(H,11,12)/t20-,25-;/m1./s1. The minimum absolute atomic E-state index is 0.0115. The Labute approximate surface area is 272 Å². The van der Waals surface area contributed by atoms with Crippen molar-refractivity contribution in [2.24, 2.45) is 5.73 Å². The van der Waals surface area contributed by atoms with Gasteiger partial charge in [-0.25, -0.2) is 14.8 Å². The molecule has 1 aliphatic rings. The van der Waals surface area contributed by atoms with E-state index in [1.165, 1.54) is 0 Å². The van der Waals surface area contributed by atoms with Crippen molar-refractivity contribution in [2.75, 3.05) is 6.54 Å². The van der Waals surface area contributed by atoms with Gasteiger partial charge < -0.3 is 35.5 Å². The van der Waals surface area contributed by atoms with E-state index in [1.807, 2.05) is 54.5 Å². The lowest BCUT2D eigenvalue weighted by Gasteiger charge is -2.22. The van der Waals surface area contributed by atoms with Gasteiger partial charge in [0.15, 0.2) is 5.60 Å². The second kappa shape index (κ2) is 14.6. The van der Waals surface area contributed by atoms with Gasteiger partial charge in [0, 0.05) is 17.6 Å². The van der Waals surface area contributed by atoms with E-state index in [0.717, 1.165) is 29.1 Å². The monoisotopic (exact) mass is 666 g/mol. The van der Waals surface area contributed by atoms with E-state index >= 15 is 0 Å². The number of aryl methyl sites for hydroxylation is 1. The fraction of sp³-hybridized carbons (Fsp3) is 0.355. The fourth-order valence-electron chi connectivity index (χ4n) is 4.98. The summed E-state index contributed by atoms with van der Waals surface area (Å²) in [6.45, 7) is 4.51. The molecule has 0 radical (unpaired) electrons. The van der Waals surface area contributed by atoms with Crippen LogP contribution in [-0.4, -0.2) is 81.5 Å². The quantitative estimate of drug-likeness (QED) is 0.155. The molecule has 4 heterocycles. The highest BCUT2D eigenvalue weighted by atomic mass is 32.1. The van der Waals surface area contributed by atoms with Crippen molar-refractivity contribution in [3.63, 3.8) is 0 Å². The zero-order valence-corrected chi connectivity index (χ0v) is 26.4. The van der Waals surface area contributed by atoms with Gasteiger partial charge in [0.1, 0.15) is 16.4 Å². The summed E-state index contributed by atoms with van der Waals surface area (Å²) >= 11 is 1.60. The average molecular weight is 667 g/mol. The molecule has 0 aliphatic carbocycles. The number of carbonyl (C=O) groups excluding carboxylic acids is 1. The Bertz CT molecular complexity index is 1720. The zero-order chi connectivity index (χ0) is 34.4. The van der Waals surface area contributed by atoms with Gasteiger partial charge in [0.05, 0.1) is 24.4 Å². The first-order chi connectivity index (χ1) is 22.2. The summed E-state index contributed by atoms with van der Waals surface area (Å²) in [5.74, 6) is -4.58. The number of pyridine rings is 1. The molecule has 0 saturated carbocycles. The van der Waals surface area contributed by atoms with Crippen LogP contribution in [0.15, 0.2) is 58.3 Å². The molecular weight excluding hydrogens is 632 g/mol. The molecule has 6 N–H and O–H groups in total. The van der Waals surface area contributed by atoms with Crippen LogP contribution in [0.25, 0.3) is 11.6 Å². The molecule has 0 spiro atoms. The van der Waals surface area contributed by atoms with Gasteiger partial charge in [-0.2, -0.15) is 0 Å². The SMILES string of the molecule is Cc1csc([C@H]2CCCN2C(=O)c2cccc(-c3nnc([C@](C)(N)Cc4ccccc4)o3)n2)n1.O=C(O)CC(O)(CC(=O)O)C(=O)O. The van der Waals surface area contributed by atoms with Crippen LogP contribution >= 0.6 is 11.3 Å². The van der Waals surface area contributed by atoms with Gasteiger partial charge in [-0.1, -0.05) is 36.4 Å². The summed E-state index contributed by atoms with van der Waals surface area (Å²) in [4.78, 5) is 54.8. The molecule has 4 aromatic rings. The number of amides is 1. The molecule has 47 heavy (non-hydrogen) atoms. The minimum atomic E-state index is -2.74. The third-order valence-corrected chi connectivity index (χ3v) is 8.30. The van der Waals surface area contributed by atoms with E-state index in [2.05, 4.69) is 20.2 Å². The van der Waals surface area contributed by atoms with Gasteiger partial charge in [-0.15, -0.1) is 21.5 Å². The number of hydrogen-bond donors (Lipinski definition) is 5. The maximum Gasteiger partial charge on any atom is 0.336 e. The van der Waals surface area contributed by atoms with Crippen LogP contribution in [0.2, 0.25) is 0 Å². The van der Waals surface area contributed by atoms with Crippen LogP contribution in [0, 0.1) is 6.92 Å². The Hall–Kier alpha value is -5.06. The van der Waals surface area contributed by atoms with Gasteiger partial charge in [0.2, 0.25) is 5.89 Å². The number of thiazole rings is 1. The third-order valence-electron chi connectivity index (χ3n) is 7.24. The number of hydrogen-bond acceptors (Lipinski definition) is 12. The van der Waals surface area contributed by atoms with Crippen molar-refractivity contribution in [1.82, 2.24) is 25.1 Å². The number of aromatic nitrogens is 4. The molecule has 16 heteroatoms. The van der Waals surface area contributed by atoms with Crippen molar-refractivity contribution in [1.29, 1.82) is 0 Å². The van der Waals surface area contributed by atoms with E-state index < -0.39 is 41.9 Å². The molecule has 1 aromatic carbocycles. The first kappa shape index (κ1) is 34.8. The average Bonchev–Trinajstić information content (AvgIpc) is 3.78. The fourth-order valence-corrected chi connectivity index (χ4v) is 5.92. The maximum absolute atomic E-state index is 13.3. The molecule has 2 atom stereocenters. The topological polar surface area (TPSA) is 243 Å². The molecule has 1 saturated heterocycles. The third kappa shape index (κ3) is 8.81. The second-order valence-electron chi connectivity index (χ2n) is 11.4. The maximum atomic E-state index is 13.3. The van der Waals surface area contributed by atoms with Crippen LogP contribution in [-0.2, 0) is 26.3 Å². The van der Waals surface area contributed by atoms with Crippen LogP contribution in [0.5, 0.6) is 0 Å². The number of likely N-dealkylation sites (tertiary alicyclic amines) is 1. The first-order valence-electron chi connectivity index (χ1n) is 14.4. The summed E-state index contributed by atoms with van der Waals surface area (Å²) in [5.41, 5.74) is 5.78. The Morgan fingerprint density at radius 1 is 1.00 bits per heavy atom. The summed E-state index contributed by atoms with van der Waals surface area (Å²) in [6, 6.07) is 15.2. The van der Waals surface area contributed by atoms with E-state index in [1.54, 1.807) is 29.5 Å². The number of rotatable bonds is 11. The van der Waals surface area contributed by atoms with Gasteiger partial charge in [0.25, 0.3) is 11.8 Å². The van der Waals surface area contributed by atoms with Gasteiger partial charge in [-0.3, -0.25) is 14.4 Å². The molecule has 15 nitrogen and oxygen atoms in total. The molecule has 0 unspecified atom stereocenters. The second-order valence-corrected chi connectivity index (χ2v) is 12.3. The van der Waals surface area contributed by atoms with Crippen molar-refractivity contribution in [3.8, 4) is 11.6 Å². The Kier molecular flexibility index (Phi) is 10.8. The van der Waals surface area contributed by atoms with Crippen LogP contribution in [0.1, 0.15) is 71.3 Å².